The number of hydrogen-bond donors (Lipinski definition) is 1. The third-order valence-electron chi connectivity index (χ3n) is 5.09. The molecule has 1 aromatic carbocycles. The van der Waals surface area contributed by atoms with Crippen molar-refractivity contribution in [3.63, 3.8) is 0 Å². The first kappa shape index (κ1) is 20.1. The molecule has 140 valence electrons. The van der Waals surface area contributed by atoms with Crippen LogP contribution in [0, 0.1) is 11.8 Å². The summed E-state index contributed by atoms with van der Waals surface area (Å²) in [6, 6.07) is 7.84. The van der Waals surface area contributed by atoms with Gasteiger partial charge in [0.05, 0.1) is 0 Å². The second-order valence-corrected chi connectivity index (χ2v) is 9.09. The van der Waals surface area contributed by atoms with E-state index in [1.807, 2.05) is 24.3 Å². The SMILES string of the molecule is CC1CCN([C@H](CNC(=O)c2cccc(C[S@](C)=O)c2)C(C)C)CC1. The number of carbonyl (C=O) groups is 1. The Morgan fingerprint density at radius 2 is 2.00 bits per heavy atom. The van der Waals surface area contributed by atoms with Crippen LogP contribution in [0.2, 0.25) is 0 Å². The van der Waals surface area contributed by atoms with Gasteiger partial charge in [-0.15, -0.1) is 0 Å². The van der Waals surface area contributed by atoms with Gasteiger partial charge in [0.1, 0.15) is 0 Å². The van der Waals surface area contributed by atoms with Crippen molar-refractivity contribution in [3.8, 4) is 0 Å². The highest BCUT2D eigenvalue weighted by atomic mass is 32.2. The van der Waals surface area contributed by atoms with Crippen molar-refractivity contribution >= 4 is 16.7 Å². The van der Waals surface area contributed by atoms with Crippen molar-refractivity contribution in [2.24, 2.45) is 11.8 Å². The summed E-state index contributed by atoms with van der Waals surface area (Å²) in [6.07, 6.45) is 4.17. The van der Waals surface area contributed by atoms with E-state index >= 15 is 0 Å². The standard InChI is InChI=1S/C20H32N2O2S/c1-15(2)19(22-10-8-16(3)9-11-22)13-21-20(23)18-7-5-6-17(12-18)14-25(4)24/h5-7,12,15-16,19H,8-11,13-14H2,1-4H3,(H,21,23)/t19-,25+/m1/s1. The zero-order valence-electron chi connectivity index (χ0n) is 16.0. The third-order valence-corrected chi connectivity index (χ3v) is 5.83. The molecule has 1 aromatic rings. The minimum atomic E-state index is -0.900. The Balaban J connectivity index is 1.95. The summed E-state index contributed by atoms with van der Waals surface area (Å²) in [5.74, 6) is 1.76. The first-order valence-electron chi connectivity index (χ1n) is 9.28. The maximum atomic E-state index is 12.5. The topological polar surface area (TPSA) is 49.4 Å². The minimum absolute atomic E-state index is 0.0419. The van der Waals surface area contributed by atoms with E-state index in [1.54, 1.807) is 6.26 Å². The predicted molar refractivity (Wildman–Crippen MR) is 105 cm³/mol. The fourth-order valence-electron chi connectivity index (χ4n) is 3.48. The van der Waals surface area contributed by atoms with Crippen LogP contribution in [-0.2, 0) is 16.6 Å². The summed E-state index contributed by atoms with van der Waals surface area (Å²) in [5.41, 5.74) is 1.59. The molecule has 1 heterocycles. The van der Waals surface area contributed by atoms with Gasteiger partial charge in [-0.25, -0.2) is 0 Å². The van der Waals surface area contributed by atoms with E-state index in [0.717, 1.165) is 24.6 Å². The highest BCUT2D eigenvalue weighted by Gasteiger charge is 2.26. The van der Waals surface area contributed by atoms with Crippen molar-refractivity contribution in [3.05, 3.63) is 35.4 Å². The Morgan fingerprint density at radius 3 is 2.60 bits per heavy atom. The van der Waals surface area contributed by atoms with E-state index in [-0.39, 0.29) is 5.91 Å². The van der Waals surface area contributed by atoms with Crippen LogP contribution in [0.4, 0.5) is 0 Å². The lowest BCUT2D eigenvalue weighted by Crippen LogP contribution is -2.49. The smallest absolute Gasteiger partial charge is 0.251 e. The van der Waals surface area contributed by atoms with Crippen LogP contribution < -0.4 is 5.32 Å². The van der Waals surface area contributed by atoms with Crippen LogP contribution in [0.15, 0.2) is 24.3 Å². The third kappa shape index (κ3) is 6.23. The van der Waals surface area contributed by atoms with Gasteiger partial charge in [0.25, 0.3) is 5.91 Å². The van der Waals surface area contributed by atoms with Gasteiger partial charge in [0.2, 0.25) is 0 Å². The summed E-state index contributed by atoms with van der Waals surface area (Å²) in [6.45, 7) is 9.70. The Hall–Kier alpha value is -1.20. The fourth-order valence-corrected chi connectivity index (χ4v) is 4.13. The first-order chi connectivity index (χ1) is 11.9. The molecule has 1 fully saturated rings. The number of hydrogen-bond acceptors (Lipinski definition) is 3. The first-order valence-corrected chi connectivity index (χ1v) is 11.0. The average Bonchev–Trinajstić information content (AvgIpc) is 2.56. The monoisotopic (exact) mass is 364 g/mol. The van der Waals surface area contributed by atoms with Gasteiger partial charge < -0.3 is 5.32 Å². The summed E-state index contributed by atoms with van der Waals surface area (Å²) < 4.78 is 11.4. The summed E-state index contributed by atoms with van der Waals surface area (Å²) in [5, 5.41) is 3.11. The normalized spacial score (nSPS) is 18.9. The lowest BCUT2D eigenvalue weighted by atomic mass is 9.94. The number of rotatable bonds is 7. The molecule has 25 heavy (non-hydrogen) atoms. The Bertz CT molecular complexity index is 595. The molecule has 0 bridgehead atoms. The molecular formula is C20H32N2O2S. The second-order valence-electron chi connectivity index (χ2n) is 7.66. The number of amides is 1. The molecule has 0 spiro atoms. The molecule has 4 nitrogen and oxygen atoms in total. The molecule has 1 saturated heterocycles. The molecule has 1 aliphatic rings. The lowest BCUT2D eigenvalue weighted by Gasteiger charge is -2.38. The van der Waals surface area contributed by atoms with Gasteiger partial charge >= 0.3 is 0 Å². The van der Waals surface area contributed by atoms with E-state index < -0.39 is 10.8 Å². The van der Waals surface area contributed by atoms with Gasteiger partial charge in [0.15, 0.2) is 0 Å². The molecule has 0 saturated carbocycles. The van der Waals surface area contributed by atoms with E-state index in [2.05, 4.69) is 31.0 Å². The maximum absolute atomic E-state index is 12.5. The molecule has 2 atom stereocenters. The number of nitrogens with one attached hydrogen (secondary N) is 1. The van der Waals surface area contributed by atoms with E-state index in [9.17, 15) is 9.00 Å². The van der Waals surface area contributed by atoms with Crippen molar-refractivity contribution in [1.29, 1.82) is 0 Å². The van der Waals surface area contributed by atoms with Crippen molar-refractivity contribution in [2.45, 2.75) is 45.4 Å². The average molecular weight is 365 g/mol. The number of piperidine rings is 1. The Kier molecular flexibility index (Phi) is 7.63. The van der Waals surface area contributed by atoms with Gasteiger partial charge in [-0.1, -0.05) is 32.9 Å². The molecule has 5 heteroatoms. The highest BCUT2D eigenvalue weighted by molar-refractivity contribution is 7.83. The van der Waals surface area contributed by atoms with Crippen LogP contribution in [0.5, 0.6) is 0 Å². The number of carbonyl (C=O) groups excluding carboxylic acids is 1. The van der Waals surface area contributed by atoms with Crippen molar-refractivity contribution in [1.82, 2.24) is 10.2 Å². The van der Waals surface area contributed by atoms with Gasteiger partial charge in [-0.2, -0.15) is 0 Å². The Morgan fingerprint density at radius 1 is 1.32 bits per heavy atom. The number of nitrogens with zero attached hydrogens (tertiary/aromatic N) is 1. The quantitative estimate of drug-likeness (QED) is 0.809. The van der Waals surface area contributed by atoms with E-state index in [0.29, 0.717) is 29.8 Å². The van der Waals surface area contributed by atoms with E-state index in [1.165, 1.54) is 12.8 Å². The molecule has 1 amide bonds. The molecular weight excluding hydrogens is 332 g/mol. The highest BCUT2D eigenvalue weighted by Crippen LogP contribution is 2.21. The zero-order valence-corrected chi connectivity index (χ0v) is 16.8. The molecule has 1 N–H and O–H groups in total. The van der Waals surface area contributed by atoms with Gasteiger partial charge in [-0.3, -0.25) is 13.9 Å². The van der Waals surface area contributed by atoms with Crippen LogP contribution >= 0.6 is 0 Å². The van der Waals surface area contributed by atoms with Gasteiger partial charge in [-0.05, 0) is 55.5 Å². The molecule has 0 aromatic heterocycles. The van der Waals surface area contributed by atoms with E-state index in [4.69, 9.17) is 0 Å². The lowest BCUT2D eigenvalue weighted by molar-refractivity contribution is 0.0863. The fraction of sp³-hybridized carbons (Fsp3) is 0.650. The molecule has 2 rings (SSSR count). The van der Waals surface area contributed by atoms with Crippen LogP contribution in [0.25, 0.3) is 0 Å². The second kappa shape index (κ2) is 9.48. The molecule has 0 unspecified atom stereocenters. The molecule has 0 aliphatic carbocycles. The number of benzene rings is 1. The van der Waals surface area contributed by atoms with Crippen LogP contribution in [0.1, 0.15) is 49.5 Å². The van der Waals surface area contributed by atoms with Crippen molar-refractivity contribution in [2.75, 3.05) is 25.9 Å². The molecule has 0 radical (unpaired) electrons. The molecule has 1 aliphatic heterocycles. The predicted octanol–water partition coefficient (Wildman–Crippen LogP) is 3.05. The van der Waals surface area contributed by atoms with Crippen LogP contribution in [-0.4, -0.2) is 46.9 Å². The summed E-state index contributed by atoms with van der Waals surface area (Å²) in [7, 11) is -0.900. The zero-order chi connectivity index (χ0) is 18.4. The largest absolute Gasteiger partial charge is 0.350 e. The summed E-state index contributed by atoms with van der Waals surface area (Å²) in [4.78, 5) is 15.1. The maximum Gasteiger partial charge on any atom is 0.251 e. The Labute approximate surface area is 154 Å². The van der Waals surface area contributed by atoms with Crippen LogP contribution in [0.3, 0.4) is 0 Å². The number of likely N-dealkylation sites (tertiary alicyclic amines) is 1. The van der Waals surface area contributed by atoms with Gasteiger partial charge in [0, 0.05) is 41.0 Å². The summed E-state index contributed by atoms with van der Waals surface area (Å²) >= 11 is 0. The van der Waals surface area contributed by atoms with Crippen molar-refractivity contribution < 1.29 is 9.00 Å². The minimum Gasteiger partial charge on any atom is -0.350 e.